The molecule has 3 N–H and O–H groups in total. The first-order valence-electron chi connectivity index (χ1n) is 3.32. The van der Waals surface area contributed by atoms with Crippen molar-refractivity contribution < 1.29 is 9.90 Å². The van der Waals surface area contributed by atoms with Crippen molar-refractivity contribution in [1.82, 2.24) is 0 Å². The third kappa shape index (κ3) is 1.60. The van der Waals surface area contributed by atoms with Gasteiger partial charge in [0.2, 0.25) is 0 Å². The maximum Gasteiger partial charge on any atom is 0.356 e. The van der Waals surface area contributed by atoms with Gasteiger partial charge in [0.25, 0.3) is 0 Å². The number of aliphatic carboxylic acids is 1. The summed E-state index contributed by atoms with van der Waals surface area (Å²) in [6.07, 6.45) is 0. The van der Waals surface area contributed by atoms with Crippen LogP contribution in [0.4, 0.5) is 0 Å². The number of carboxylic acid groups (broad SMARTS) is 1. The maximum atomic E-state index is 10.5. The highest BCUT2D eigenvalue weighted by molar-refractivity contribution is 6.42. The van der Waals surface area contributed by atoms with Crippen molar-refractivity contribution in [2.45, 2.75) is 0 Å². The van der Waals surface area contributed by atoms with Crippen molar-refractivity contribution in [3.05, 3.63) is 35.9 Å². The maximum absolute atomic E-state index is 10.5. The summed E-state index contributed by atoms with van der Waals surface area (Å²) in [4.78, 5) is 10.5. The minimum Gasteiger partial charge on any atom is -0.476 e. The van der Waals surface area contributed by atoms with Gasteiger partial charge in [-0.2, -0.15) is 5.10 Å². The van der Waals surface area contributed by atoms with E-state index in [0.29, 0.717) is 5.56 Å². The van der Waals surface area contributed by atoms with Crippen LogP contribution < -0.4 is 5.84 Å². The van der Waals surface area contributed by atoms with Gasteiger partial charge >= 0.3 is 5.97 Å². The van der Waals surface area contributed by atoms with Gasteiger partial charge in [-0.1, -0.05) is 30.3 Å². The molecule has 0 aliphatic carbocycles. The first kappa shape index (κ1) is 8.26. The summed E-state index contributed by atoms with van der Waals surface area (Å²) >= 11 is 0. The number of nitrogens with two attached hydrogens (primary N) is 1. The molecular formula is C8H8N2O2. The van der Waals surface area contributed by atoms with Gasteiger partial charge in [-0.05, 0) is 0 Å². The summed E-state index contributed by atoms with van der Waals surface area (Å²) < 4.78 is 0. The van der Waals surface area contributed by atoms with E-state index in [1.165, 1.54) is 0 Å². The zero-order valence-corrected chi connectivity index (χ0v) is 6.27. The molecule has 0 radical (unpaired) electrons. The molecule has 1 rings (SSSR count). The Labute approximate surface area is 69.3 Å². The van der Waals surface area contributed by atoms with Crippen molar-refractivity contribution in [2.24, 2.45) is 10.9 Å². The van der Waals surface area contributed by atoms with Crippen molar-refractivity contribution in [1.29, 1.82) is 0 Å². The Morgan fingerprint density at radius 2 is 1.92 bits per heavy atom. The number of carboxylic acids is 1. The lowest BCUT2D eigenvalue weighted by atomic mass is 10.1. The normalized spacial score (nSPS) is 11.2. The topological polar surface area (TPSA) is 75.7 Å². The molecule has 4 nitrogen and oxygen atoms in total. The molecule has 0 atom stereocenters. The zero-order valence-electron chi connectivity index (χ0n) is 6.27. The summed E-state index contributed by atoms with van der Waals surface area (Å²) in [5.74, 6) is 3.79. The molecule has 0 fully saturated rings. The molecule has 0 aromatic heterocycles. The minimum atomic E-state index is -1.12. The highest BCUT2D eigenvalue weighted by Gasteiger charge is 2.10. The van der Waals surface area contributed by atoms with Crippen LogP contribution in [0.1, 0.15) is 5.56 Å². The largest absolute Gasteiger partial charge is 0.476 e. The Morgan fingerprint density at radius 3 is 2.33 bits per heavy atom. The van der Waals surface area contributed by atoms with Gasteiger partial charge in [-0.15, -0.1) is 0 Å². The fraction of sp³-hybridized carbons (Fsp3) is 0. The third-order valence-electron chi connectivity index (χ3n) is 1.38. The molecule has 0 aliphatic heterocycles. The number of carbonyl (C=O) groups is 1. The van der Waals surface area contributed by atoms with Crippen LogP contribution in [0.25, 0.3) is 0 Å². The van der Waals surface area contributed by atoms with Gasteiger partial charge in [0.15, 0.2) is 5.71 Å². The monoisotopic (exact) mass is 164 g/mol. The molecule has 0 heterocycles. The summed E-state index contributed by atoms with van der Waals surface area (Å²) in [6, 6.07) is 8.52. The molecule has 62 valence electrons. The van der Waals surface area contributed by atoms with Gasteiger partial charge in [0, 0.05) is 5.56 Å². The molecule has 0 aliphatic rings. The molecule has 4 heteroatoms. The van der Waals surface area contributed by atoms with Crippen LogP contribution in [0.3, 0.4) is 0 Å². The number of hydrogen-bond donors (Lipinski definition) is 2. The highest BCUT2D eigenvalue weighted by Crippen LogP contribution is 2.00. The number of rotatable bonds is 2. The molecule has 1 aromatic carbocycles. The molecule has 0 saturated heterocycles. The lowest BCUT2D eigenvalue weighted by molar-refractivity contribution is -0.129. The van der Waals surface area contributed by atoms with Gasteiger partial charge in [0.1, 0.15) is 0 Å². The number of benzene rings is 1. The summed E-state index contributed by atoms with van der Waals surface area (Å²) in [7, 11) is 0. The Bertz CT molecular complexity index is 306. The lowest BCUT2D eigenvalue weighted by Gasteiger charge is -1.97. The van der Waals surface area contributed by atoms with E-state index in [4.69, 9.17) is 10.9 Å². The Balaban J connectivity index is 3.05. The van der Waals surface area contributed by atoms with Crippen LogP contribution in [-0.2, 0) is 4.79 Å². The van der Waals surface area contributed by atoms with Gasteiger partial charge in [-0.25, -0.2) is 4.79 Å². The van der Waals surface area contributed by atoms with E-state index in [-0.39, 0.29) is 5.71 Å². The van der Waals surface area contributed by atoms with Crippen molar-refractivity contribution in [3.63, 3.8) is 0 Å². The average Bonchev–Trinajstić information content (AvgIpc) is 2.07. The predicted molar refractivity (Wildman–Crippen MR) is 44.8 cm³/mol. The second kappa shape index (κ2) is 3.52. The molecule has 0 unspecified atom stereocenters. The number of hydrogen-bond acceptors (Lipinski definition) is 3. The predicted octanol–water partition coefficient (Wildman–Crippen LogP) is 0.434. The van der Waals surface area contributed by atoms with E-state index in [0.717, 1.165) is 0 Å². The van der Waals surface area contributed by atoms with Crippen LogP contribution >= 0.6 is 0 Å². The van der Waals surface area contributed by atoms with Crippen molar-refractivity contribution in [3.8, 4) is 0 Å². The van der Waals surface area contributed by atoms with E-state index >= 15 is 0 Å². The summed E-state index contributed by atoms with van der Waals surface area (Å²) in [5.41, 5.74) is 0.378. The van der Waals surface area contributed by atoms with Crippen LogP contribution in [0.15, 0.2) is 35.4 Å². The first-order valence-corrected chi connectivity index (χ1v) is 3.32. The molecule has 12 heavy (non-hydrogen) atoms. The van der Waals surface area contributed by atoms with E-state index in [2.05, 4.69) is 5.10 Å². The van der Waals surface area contributed by atoms with Crippen LogP contribution in [0.2, 0.25) is 0 Å². The van der Waals surface area contributed by atoms with E-state index in [1.807, 2.05) is 0 Å². The van der Waals surface area contributed by atoms with Crippen LogP contribution in [0.5, 0.6) is 0 Å². The molecule has 1 aromatic rings. The van der Waals surface area contributed by atoms with Gasteiger partial charge in [-0.3, -0.25) is 0 Å². The smallest absolute Gasteiger partial charge is 0.356 e. The van der Waals surface area contributed by atoms with Crippen molar-refractivity contribution >= 4 is 11.7 Å². The van der Waals surface area contributed by atoms with E-state index in [9.17, 15) is 4.79 Å². The van der Waals surface area contributed by atoms with Crippen molar-refractivity contribution in [2.75, 3.05) is 0 Å². The summed E-state index contributed by atoms with van der Waals surface area (Å²) in [6.45, 7) is 0. The third-order valence-corrected chi connectivity index (χ3v) is 1.38. The standard InChI is InChI=1S/C8H8N2O2/c9-10-7(8(11)12)6-4-2-1-3-5-6/h1-5H,9H2,(H,11,12)/b10-7+. The van der Waals surface area contributed by atoms with E-state index in [1.54, 1.807) is 30.3 Å². The van der Waals surface area contributed by atoms with Crippen LogP contribution in [0, 0.1) is 0 Å². The zero-order chi connectivity index (χ0) is 8.97. The molecule has 0 saturated carbocycles. The quantitative estimate of drug-likeness (QED) is 0.378. The molecule has 0 spiro atoms. The Hall–Kier alpha value is -1.84. The van der Waals surface area contributed by atoms with E-state index < -0.39 is 5.97 Å². The Morgan fingerprint density at radius 1 is 1.33 bits per heavy atom. The summed E-state index contributed by atoms with van der Waals surface area (Å²) in [5, 5.41) is 11.8. The number of hydrazone groups is 1. The highest BCUT2D eigenvalue weighted by atomic mass is 16.4. The number of nitrogens with zero attached hydrogens (tertiary/aromatic N) is 1. The average molecular weight is 164 g/mol. The Kier molecular flexibility index (Phi) is 2.42. The molecule has 0 bridgehead atoms. The fourth-order valence-corrected chi connectivity index (χ4v) is 0.849. The molecule has 0 amide bonds. The second-order valence-corrected chi connectivity index (χ2v) is 2.15. The minimum absolute atomic E-state index is 0.129. The van der Waals surface area contributed by atoms with Crippen LogP contribution in [-0.4, -0.2) is 16.8 Å². The second-order valence-electron chi connectivity index (χ2n) is 2.15. The molecular weight excluding hydrogens is 156 g/mol. The van der Waals surface area contributed by atoms with Gasteiger partial charge in [0.05, 0.1) is 0 Å². The van der Waals surface area contributed by atoms with Gasteiger partial charge < -0.3 is 10.9 Å². The SMILES string of the molecule is N/N=C(/C(=O)O)c1ccccc1. The first-order chi connectivity index (χ1) is 5.75. The fourth-order valence-electron chi connectivity index (χ4n) is 0.849. The lowest BCUT2D eigenvalue weighted by Crippen LogP contribution is -2.16.